The van der Waals surface area contributed by atoms with Crippen LogP contribution in [0.2, 0.25) is 0 Å². The van der Waals surface area contributed by atoms with Crippen LogP contribution in [0.5, 0.6) is 5.75 Å². The quantitative estimate of drug-likeness (QED) is 0.507. The number of ether oxygens (including phenoxy) is 1. The number of benzene rings is 2. The monoisotopic (exact) mass is 372 g/mol. The van der Waals surface area contributed by atoms with Crippen LogP contribution in [0.15, 0.2) is 54.6 Å². The average molecular weight is 372 g/mol. The third-order valence-corrected chi connectivity index (χ3v) is 3.80. The first kappa shape index (κ1) is 19.9. The first-order valence-corrected chi connectivity index (χ1v) is 8.37. The van der Waals surface area contributed by atoms with Gasteiger partial charge in [0.2, 0.25) is 0 Å². The number of carbonyl (C=O) groups is 2. The van der Waals surface area contributed by atoms with Gasteiger partial charge in [-0.1, -0.05) is 42.5 Å². The van der Waals surface area contributed by atoms with Gasteiger partial charge < -0.3 is 14.7 Å². The van der Waals surface area contributed by atoms with Gasteiger partial charge in [0.05, 0.1) is 4.92 Å². The number of carbonyl (C=O) groups excluding carboxylic acids is 1. The number of rotatable bonds is 10. The van der Waals surface area contributed by atoms with Gasteiger partial charge in [0.15, 0.2) is 12.4 Å². The Hall–Kier alpha value is -3.42. The zero-order chi connectivity index (χ0) is 19.6. The molecule has 1 N–H and O–H groups in total. The number of hydrogen-bond acceptors (Lipinski definition) is 5. The first-order valence-electron chi connectivity index (χ1n) is 8.37. The van der Waals surface area contributed by atoms with Crippen LogP contribution in [0.4, 0.5) is 5.69 Å². The Labute approximate surface area is 156 Å². The van der Waals surface area contributed by atoms with Gasteiger partial charge in [-0.15, -0.1) is 0 Å². The van der Waals surface area contributed by atoms with Crippen molar-refractivity contribution in [2.75, 3.05) is 13.2 Å². The molecule has 0 aliphatic heterocycles. The van der Waals surface area contributed by atoms with Crippen LogP contribution in [0.3, 0.4) is 0 Å². The summed E-state index contributed by atoms with van der Waals surface area (Å²) in [5.41, 5.74) is 0.678. The summed E-state index contributed by atoms with van der Waals surface area (Å²) in [5.74, 6) is -1.29. The standard InChI is InChI=1S/C19H20N2O6/c22-18(14-27-17-10-5-4-9-16(17)21(25)26)20(12-6-11-19(23)24)13-15-7-2-1-3-8-15/h1-5,7-10H,6,11-14H2,(H,23,24). The van der Waals surface area contributed by atoms with Crippen LogP contribution in [0.1, 0.15) is 18.4 Å². The minimum atomic E-state index is -0.932. The van der Waals surface area contributed by atoms with E-state index < -0.39 is 10.9 Å². The Morgan fingerprint density at radius 2 is 1.74 bits per heavy atom. The summed E-state index contributed by atoms with van der Waals surface area (Å²) in [4.78, 5) is 35.2. The van der Waals surface area contributed by atoms with Crippen molar-refractivity contribution in [1.29, 1.82) is 0 Å². The molecule has 8 nitrogen and oxygen atoms in total. The lowest BCUT2D eigenvalue weighted by molar-refractivity contribution is -0.385. The predicted octanol–water partition coefficient (Wildman–Crippen LogP) is 2.87. The second kappa shape index (κ2) is 9.91. The van der Waals surface area contributed by atoms with Crippen LogP contribution in [0.25, 0.3) is 0 Å². The Balaban J connectivity index is 2.04. The smallest absolute Gasteiger partial charge is 0.310 e. The summed E-state index contributed by atoms with van der Waals surface area (Å²) < 4.78 is 5.36. The fourth-order valence-electron chi connectivity index (χ4n) is 2.48. The van der Waals surface area contributed by atoms with Crippen molar-refractivity contribution in [3.8, 4) is 5.75 Å². The van der Waals surface area contributed by atoms with Crippen LogP contribution in [-0.4, -0.2) is 40.0 Å². The van der Waals surface area contributed by atoms with Crippen LogP contribution in [-0.2, 0) is 16.1 Å². The molecule has 0 aliphatic rings. The molecule has 2 aromatic carbocycles. The highest BCUT2D eigenvalue weighted by Gasteiger charge is 2.18. The number of nitro benzene ring substituents is 1. The third kappa shape index (κ3) is 6.43. The fraction of sp³-hybridized carbons (Fsp3) is 0.263. The molecule has 142 valence electrons. The number of carboxylic acids is 1. The molecule has 27 heavy (non-hydrogen) atoms. The molecule has 2 rings (SSSR count). The van der Waals surface area contributed by atoms with E-state index in [0.717, 1.165) is 5.56 Å². The van der Waals surface area contributed by atoms with E-state index in [-0.39, 0.29) is 36.9 Å². The topological polar surface area (TPSA) is 110 Å². The summed E-state index contributed by atoms with van der Waals surface area (Å²) in [6.45, 7) is 0.185. The number of amides is 1. The Kier molecular flexibility index (Phi) is 7.30. The molecule has 0 bridgehead atoms. The van der Waals surface area contributed by atoms with E-state index in [9.17, 15) is 19.7 Å². The lowest BCUT2D eigenvalue weighted by Crippen LogP contribution is -2.35. The summed E-state index contributed by atoms with van der Waals surface area (Å²) in [6.07, 6.45) is 0.253. The summed E-state index contributed by atoms with van der Waals surface area (Å²) in [7, 11) is 0. The van der Waals surface area contributed by atoms with E-state index in [4.69, 9.17) is 9.84 Å². The fourth-order valence-corrected chi connectivity index (χ4v) is 2.48. The average Bonchev–Trinajstić information content (AvgIpc) is 2.66. The molecule has 0 unspecified atom stereocenters. The van der Waals surface area contributed by atoms with Crippen molar-refractivity contribution in [2.24, 2.45) is 0 Å². The molecule has 0 heterocycles. The number of hydrogen-bond donors (Lipinski definition) is 1. The lowest BCUT2D eigenvalue weighted by Gasteiger charge is -2.22. The number of aliphatic carboxylic acids is 1. The van der Waals surface area contributed by atoms with Crippen molar-refractivity contribution in [2.45, 2.75) is 19.4 Å². The zero-order valence-corrected chi connectivity index (χ0v) is 14.6. The molecule has 0 aliphatic carbocycles. The van der Waals surface area contributed by atoms with Crippen molar-refractivity contribution in [1.82, 2.24) is 4.90 Å². The number of nitrogens with zero attached hydrogens (tertiary/aromatic N) is 2. The van der Waals surface area contributed by atoms with E-state index in [1.54, 1.807) is 6.07 Å². The van der Waals surface area contributed by atoms with E-state index in [1.165, 1.54) is 23.1 Å². The van der Waals surface area contributed by atoms with Crippen molar-refractivity contribution < 1.29 is 24.4 Å². The normalized spacial score (nSPS) is 10.2. The van der Waals surface area contributed by atoms with E-state index >= 15 is 0 Å². The van der Waals surface area contributed by atoms with E-state index in [1.807, 2.05) is 30.3 Å². The lowest BCUT2D eigenvalue weighted by atomic mass is 10.2. The van der Waals surface area contributed by atoms with Crippen LogP contribution >= 0.6 is 0 Å². The molecular formula is C19H20N2O6. The third-order valence-electron chi connectivity index (χ3n) is 3.80. The molecule has 8 heteroatoms. The van der Waals surface area contributed by atoms with Gasteiger partial charge in [-0.3, -0.25) is 19.7 Å². The summed E-state index contributed by atoms with van der Waals surface area (Å²) >= 11 is 0. The van der Waals surface area contributed by atoms with Gasteiger partial charge >= 0.3 is 11.7 Å². The van der Waals surface area contributed by atoms with Crippen molar-refractivity contribution in [3.05, 3.63) is 70.3 Å². The molecule has 1 amide bonds. The molecule has 0 radical (unpaired) electrons. The molecule has 0 fully saturated rings. The first-order chi connectivity index (χ1) is 13.0. The number of carboxylic acid groups (broad SMARTS) is 1. The van der Waals surface area contributed by atoms with Gasteiger partial charge in [-0.2, -0.15) is 0 Å². The second-order valence-electron chi connectivity index (χ2n) is 5.81. The highest BCUT2D eigenvalue weighted by molar-refractivity contribution is 5.78. The maximum Gasteiger partial charge on any atom is 0.310 e. The van der Waals surface area contributed by atoms with Gasteiger partial charge in [-0.05, 0) is 18.1 Å². The largest absolute Gasteiger partial charge is 0.481 e. The minimum Gasteiger partial charge on any atom is -0.481 e. The Bertz CT molecular complexity index is 794. The zero-order valence-electron chi connectivity index (χ0n) is 14.6. The highest BCUT2D eigenvalue weighted by Crippen LogP contribution is 2.25. The molecule has 0 spiro atoms. The molecule has 2 aromatic rings. The van der Waals surface area contributed by atoms with Gasteiger partial charge in [0.25, 0.3) is 5.91 Å². The van der Waals surface area contributed by atoms with E-state index in [2.05, 4.69) is 0 Å². The van der Waals surface area contributed by atoms with Gasteiger partial charge in [-0.25, -0.2) is 0 Å². The van der Waals surface area contributed by atoms with Crippen LogP contribution < -0.4 is 4.74 Å². The van der Waals surface area contributed by atoms with E-state index in [0.29, 0.717) is 13.0 Å². The molecule has 0 saturated heterocycles. The highest BCUT2D eigenvalue weighted by atomic mass is 16.6. The minimum absolute atomic E-state index is 0.0149. The van der Waals surface area contributed by atoms with Gasteiger partial charge in [0.1, 0.15) is 0 Å². The SMILES string of the molecule is O=C(O)CCCN(Cc1ccccc1)C(=O)COc1ccccc1[N+](=O)[O-]. The maximum atomic E-state index is 12.6. The predicted molar refractivity (Wildman–Crippen MR) is 97.3 cm³/mol. The Morgan fingerprint density at radius 3 is 2.41 bits per heavy atom. The molecular weight excluding hydrogens is 352 g/mol. The van der Waals surface area contributed by atoms with Gasteiger partial charge in [0, 0.05) is 25.6 Å². The van der Waals surface area contributed by atoms with Crippen molar-refractivity contribution in [3.63, 3.8) is 0 Å². The Morgan fingerprint density at radius 1 is 1.07 bits per heavy atom. The molecule has 0 aromatic heterocycles. The van der Waals surface area contributed by atoms with Crippen molar-refractivity contribution >= 4 is 17.6 Å². The molecule has 0 atom stereocenters. The number of nitro groups is 1. The summed E-state index contributed by atoms with van der Waals surface area (Å²) in [5, 5.41) is 19.8. The van der Waals surface area contributed by atoms with Crippen LogP contribution in [0, 0.1) is 10.1 Å². The number of para-hydroxylation sites is 2. The second-order valence-corrected chi connectivity index (χ2v) is 5.81. The summed E-state index contributed by atoms with van der Waals surface area (Å²) in [6, 6.07) is 15.1. The maximum absolute atomic E-state index is 12.6. The molecule has 0 saturated carbocycles.